The van der Waals surface area contributed by atoms with E-state index < -0.39 is 11.7 Å². The number of anilines is 1. The van der Waals surface area contributed by atoms with E-state index in [1.54, 1.807) is 13.0 Å². The zero-order valence-electron chi connectivity index (χ0n) is 19.2. The highest BCUT2D eigenvalue weighted by Crippen LogP contribution is 2.38. The fraction of sp³-hybridized carbons (Fsp3) is 0.172. The molecule has 35 heavy (non-hydrogen) atoms. The summed E-state index contributed by atoms with van der Waals surface area (Å²) in [5.74, 6) is 1.41. The molecule has 0 unspecified atom stereocenters. The van der Waals surface area contributed by atoms with E-state index in [0.717, 1.165) is 23.1 Å². The Morgan fingerprint density at radius 3 is 2.29 bits per heavy atom. The molecular formula is C29H24F3NOS. The van der Waals surface area contributed by atoms with Gasteiger partial charge < -0.3 is 4.74 Å². The molecule has 3 aromatic rings. The van der Waals surface area contributed by atoms with Crippen LogP contribution in [0.15, 0.2) is 96.4 Å². The molecule has 1 saturated heterocycles. The average molecular weight is 492 g/mol. The van der Waals surface area contributed by atoms with Crippen molar-refractivity contribution in [1.82, 2.24) is 0 Å². The van der Waals surface area contributed by atoms with Gasteiger partial charge in [0.2, 0.25) is 0 Å². The van der Waals surface area contributed by atoms with Gasteiger partial charge in [0.05, 0.1) is 16.2 Å². The number of alkyl halides is 3. The summed E-state index contributed by atoms with van der Waals surface area (Å²) in [5.41, 5.74) is 5.50. The first-order chi connectivity index (χ1) is 16.8. The molecule has 4 rings (SSSR count). The molecule has 1 fully saturated rings. The van der Waals surface area contributed by atoms with Gasteiger partial charge in [-0.25, -0.2) is 0 Å². The predicted octanol–water partition coefficient (Wildman–Crippen LogP) is 8.74. The Bertz CT molecular complexity index is 1300. The first kappa shape index (κ1) is 24.5. The Labute approximate surface area is 208 Å². The molecule has 3 aromatic carbocycles. The molecule has 1 aliphatic rings. The maximum Gasteiger partial charge on any atom is 0.416 e. The van der Waals surface area contributed by atoms with Crippen LogP contribution in [-0.4, -0.2) is 4.99 Å². The number of piperidine rings is 1. The summed E-state index contributed by atoms with van der Waals surface area (Å²) in [5, 5.41) is 0. The standard InChI is InChI=1S/C29H24F3NOS/c1-3-25-20(9-8-12-26(25)29(30,31)32)19-21-13-18-28(35)33(27(21)4-2)22-14-16-24(17-15-22)34-23-10-6-5-7-11-23/h5-12,14-17,19H,2-3,13,18H2,1H3/b21-19+. The van der Waals surface area contributed by atoms with Crippen molar-refractivity contribution in [2.75, 3.05) is 4.90 Å². The molecular weight excluding hydrogens is 467 g/mol. The van der Waals surface area contributed by atoms with Crippen LogP contribution in [0.1, 0.15) is 36.5 Å². The fourth-order valence-corrected chi connectivity index (χ4v) is 4.52. The first-order valence-corrected chi connectivity index (χ1v) is 11.7. The molecule has 0 spiro atoms. The van der Waals surface area contributed by atoms with Gasteiger partial charge >= 0.3 is 6.18 Å². The summed E-state index contributed by atoms with van der Waals surface area (Å²) >= 11 is 5.66. The van der Waals surface area contributed by atoms with Gasteiger partial charge in [0.15, 0.2) is 0 Å². The molecule has 0 radical (unpaired) electrons. The molecule has 0 N–H and O–H groups in total. The summed E-state index contributed by atoms with van der Waals surface area (Å²) in [4.78, 5) is 2.58. The van der Waals surface area contributed by atoms with Crippen molar-refractivity contribution in [3.05, 3.63) is 113 Å². The summed E-state index contributed by atoms with van der Waals surface area (Å²) < 4.78 is 46.5. The van der Waals surface area contributed by atoms with Crippen molar-refractivity contribution >= 4 is 29.0 Å². The summed E-state index contributed by atoms with van der Waals surface area (Å²) in [6, 6.07) is 21.3. The molecule has 0 amide bonds. The lowest BCUT2D eigenvalue weighted by atomic mass is 9.93. The third-order valence-electron chi connectivity index (χ3n) is 5.83. The Balaban J connectivity index is 1.67. The summed E-state index contributed by atoms with van der Waals surface area (Å²) in [6.45, 7) is 5.58. The lowest BCUT2D eigenvalue weighted by molar-refractivity contribution is -0.138. The fourth-order valence-electron chi connectivity index (χ4n) is 4.22. The van der Waals surface area contributed by atoms with Gasteiger partial charge in [-0.15, -0.1) is 5.73 Å². The van der Waals surface area contributed by atoms with E-state index in [1.165, 1.54) is 6.07 Å². The third-order valence-corrected chi connectivity index (χ3v) is 6.21. The Morgan fingerprint density at radius 2 is 1.66 bits per heavy atom. The number of benzene rings is 3. The van der Waals surface area contributed by atoms with Crippen molar-refractivity contribution in [3.8, 4) is 11.5 Å². The monoisotopic (exact) mass is 491 g/mol. The van der Waals surface area contributed by atoms with Gasteiger partial charge in [0, 0.05) is 12.1 Å². The Hall–Kier alpha value is -3.60. The van der Waals surface area contributed by atoms with Gasteiger partial charge in [-0.05, 0) is 78.1 Å². The van der Waals surface area contributed by atoms with Crippen LogP contribution >= 0.6 is 12.2 Å². The number of allylic oxidation sites excluding steroid dienone is 1. The number of rotatable bonds is 5. The number of ether oxygens (including phenoxy) is 1. The highest BCUT2D eigenvalue weighted by atomic mass is 32.1. The largest absolute Gasteiger partial charge is 0.457 e. The minimum Gasteiger partial charge on any atom is -0.457 e. The first-order valence-electron chi connectivity index (χ1n) is 11.3. The second-order valence-electron chi connectivity index (χ2n) is 8.06. The van der Waals surface area contributed by atoms with E-state index in [2.05, 4.69) is 12.3 Å². The van der Waals surface area contributed by atoms with Crippen LogP contribution in [0.4, 0.5) is 18.9 Å². The van der Waals surface area contributed by atoms with Gasteiger partial charge in [-0.2, -0.15) is 13.2 Å². The third kappa shape index (κ3) is 5.40. The maximum absolute atomic E-state index is 13.6. The van der Waals surface area contributed by atoms with E-state index in [1.807, 2.05) is 65.6 Å². The minimum absolute atomic E-state index is 0.271. The topological polar surface area (TPSA) is 12.5 Å². The van der Waals surface area contributed by atoms with Crippen LogP contribution in [-0.2, 0) is 12.6 Å². The SMILES string of the molecule is C=C=C1/C(=C/c2cccc(C(F)(F)F)c2CC)CCC(=S)N1c1ccc(Oc2ccccc2)cc1. The van der Waals surface area contributed by atoms with Gasteiger partial charge in [-0.1, -0.05) is 56.1 Å². The Morgan fingerprint density at radius 1 is 0.971 bits per heavy atom. The predicted molar refractivity (Wildman–Crippen MR) is 139 cm³/mol. The highest BCUT2D eigenvalue weighted by Gasteiger charge is 2.33. The number of thiocarbonyl (C=S) groups is 1. The zero-order chi connectivity index (χ0) is 25.0. The number of nitrogens with zero attached hydrogens (tertiary/aromatic N) is 1. The van der Waals surface area contributed by atoms with Crippen LogP contribution in [0, 0.1) is 0 Å². The highest BCUT2D eigenvalue weighted by molar-refractivity contribution is 7.80. The van der Waals surface area contributed by atoms with E-state index in [9.17, 15) is 13.2 Å². The van der Waals surface area contributed by atoms with Crippen molar-refractivity contribution in [2.45, 2.75) is 32.4 Å². The molecule has 1 heterocycles. The number of hydrogen-bond donors (Lipinski definition) is 0. The van der Waals surface area contributed by atoms with Crippen molar-refractivity contribution in [1.29, 1.82) is 0 Å². The molecule has 2 nitrogen and oxygen atoms in total. The molecule has 0 aromatic heterocycles. The van der Waals surface area contributed by atoms with Crippen LogP contribution in [0.5, 0.6) is 11.5 Å². The molecule has 0 atom stereocenters. The smallest absolute Gasteiger partial charge is 0.416 e. The summed E-state index contributed by atoms with van der Waals surface area (Å²) in [6.07, 6.45) is -1.13. The quantitative estimate of drug-likeness (QED) is 0.262. The van der Waals surface area contributed by atoms with Crippen LogP contribution in [0.2, 0.25) is 0 Å². The molecule has 178 valence electrons. The van der Waals surface area contributed by atoms with Crippen molar-refractivity contribution < 1.29 is 17.9 Å². The van der Waals surface area contributed by atoms with Gasteiger partial charge in [0.25, 0.3) is 0 Å². The molecule has 6 heteroatoms. The van der Waals surface area contributed by atoms with Crippen LogP contribution < -0.4 is 9.64 Å². The van der Waals surface area contributed by atoms with Crippen LogP contribution in [0.3, 0.4) is 0 Å². The maximum atomic E-state index is 13.6. The number of para-hydroxylation sites is 1. The van der Waals surface area contributed by atoms with Crippen molar-refractivity contribution in [2.24, 2.45) is 0 Å². The number of halogens is 3. The molecule has 0 aliphatic carbocycles. The normalized spacial score (nSPS) is 15.3. The van der Waals surface area contributed by atoms with E-state index in [-0.39, 0.29) is 12.0 Å². The van der Waals surface area contributed by atoms with E-state index in [4.69, 9.17) is 17.0 Å². The lowest BCUT2D eigenvalue weighted by Gasteiger charge is -2.33. The van der Waals surface area contributed by atoms with E-state index >= 15 is 0 Å². The van der Waals surface area contributed by atoms with Gasteiger partial charge in [-0.3, -0.25) is 4.90 Å². The minimum atomic E-state index is -4.40. The van der Waals surface area contributed by atoms with Crippen molar-refractivity contribution in [3.63, 3.8) is 0 Å². The summed E-state index contributed by atoms with van der Waals surface area (Å²) in [7, 11) is 0. The molecule has 0 saturated carbocycles. The average Bonchev–Trinajstić information content (AvgIpc) is 2.85. The second-order valence-corrected chi connectivity index (χ2v) is 8.53. The molecule has 1 aliphatic heterocycles. The van der Waals surface area contributed by atoms with Crippen LogP contribution in [0.25, 0.3) is 6.08 Å². The molecule has 0 bridgehead atoms. The Kier molecular flexibility index (Phi) is 7.25. The second kappa shape index (κ2) is 10.3. The van der Waals surface area contributed by atoms with E-state index in [0.29, 0.717) is 34.8 Å². The number of hydrogen-bond acceptors (Lipinski definition) is 2. The zero-order valence-corrected chi connectivity index (χ0v) is 20.0. The lowest BCUT2D eigenvalue weighted by Crippen LogP contribution is -2.33. The van der Waals surface area contributed by atoms with Gasteiger partial charge in [0.1, 0.15) is 11.5 Å².